The van der Waals surface area contributed by atoms with Gasteiger partial charge in [-0.1, -0.05) is 18.2 Å². The molecule has 0 spiro atoms. The molecular formula is C15H15NO4. The molecule has 2 heterocycles. The van der Waals surface area contributed by atoms with Crippen LogP contribution >= 0.6 is 0 Å². The van der Waals surface area contributed by atoms with Crippen LogP contribution in [0.4, 0.5) is 0 Å². The fourth-order valence-corrected chi connectivity index (χ4v) is 2.33. The first kappa shape index (κ1) is 12.9. The lowest BCUT2D eigenvalue weighted by Gasteiger charge is -2.22. The number of hydrogen-bond donors (Lipinski definition) is 1. The van der Waals surface area contributed by atoms with Crippen molar-refractivity contribution in [2.24, 2.45) is 0 Å². The molecule has 1 amide bonds. The van der Waals surface area contributed by atoms with Gasteiger partial charge < -0.3 is 14.5 Å². The zero-order valence-electron chi connectivity index (χ0n) is 10.9. The summed E-state index contributed by atoms with van der Waals surface area (Å²) in [5.74, 6) is -0.378. The molecule has 2 aromatic rings. The van der Waals surface area contributed by atoms with Crippen LogP contribution in [0.2, 0.25) is 0 Å². The summed E-state index contributed by atoms with van der Waals surface area (Å²) in [7, 11) is 0. The zero-order valence-corrected chi connectivity index (χ0v) is 10.9. The highest BCUT2D eigenvalue weighted by Crippen LogP contribution is 2.13. The average Bonchev–Trinajstić information content (AvgIpc) is 2.47. The predicted molar refractivity (Wildman–Crippen MR) is 73.8 cm³/mol. The number of carbonyl (C=O) groups excluding carboxylic acids is 1. The summed E-state index contributed by atoms with van der Waals surface area (Å²) in [6.45, 7) is 1.27. The van der Waals surface area contributed by atoms with Gasteiger partial charge in [-0.25, -0.2) is 4.79 Å². The van der Waals surface area contributed by atoms with E-state index < -0.39 is 5.63 Å². The third-order valence-corrected chi connectivity index (χ3v) is 3.44. The average molecular weight is 273 g/mol. The molecule has 0 radical (unpaired) electrons. The van der Waals surface area contributed by atoms with E-state index in [1.165, 1.54) is 0 Å². The van der Waals surface area contributed by atoms with E-state index in [4.69, 9.17) is 9.15 Å². The van der Waals surface area contributed by atoms with Gasteiger partial charge in [-0.2, -0.15) is 0 Å². The van der Waals surface area contributed by atoms with E-state index >= 15 is 0 Å². The molecule has 1 saturated heterocycles. The molecule has 1 aromatic carbocycles. The van der Waals surface area contributed by atoms with Gasteiger partial charge in [0.2, 0.25) is 0 Å². The topological polar surface area (TPSA) is 68.5 Å². The molecule has 20 heavy (non-hydrogen) atoms. The Balaban J connectivity index is 1.87. The van der Waals surface area contributed by atoms with Gasteiger partial charge in [0.15, 0.2) is 0 Å². The second-order valence-electron chi connectivity index (χ2n) is 4.85. The Morgan fingerprint density at radius 3 is 2.75 bits per heavy atom. The molecule has 1 N–H and O–H groups in total. The third kappa shape index (κ3) is 2.58. The zero-order chi connectivity index (χ0) is 13.9. The summed E-state index contributed by atoms with van der Waals surface area (Å²) in [6.07, 6.45) is 1.54. The van der Waals surface area contributed by atoms with Gasteiger partial charge in [0, 0.05) is 24.6 Å². The number of nitrogens with one attached hydrogen (secondary N) is 1. The lowest BCUT2D eigenvalue weighted by atomic mass is 10.1. The van der Waals surface area contributed by atoms with Gasteiger partial charge >= 0.3 is 5.63 Å². The van der Waals surface area contributed by atoms with E-state index in [1.54, 1.807) is 18.2 Å². The SMILES string of the molecule is O=C(NC1CCOCC1)c1cc2ccccc2oc1=O. The molecule has 1 aliphatic heterocycles. The first-order chi connectivity index (χ1) is 9.74. The number of fused-ring (bicyclic) bond motifs is 1. The normalized spacial score (nSPS) is 16.2. The predicted octanol–water partition coefficient (Wildman–Crippen LogP) is 1.70. The molecule has 1 fully saturated rings. The fraction of sp³-hybridized carbons (Fsp3) is 0.333. The molecule has 1 aliphatic rings. The molecular weight excluding hydrogens is 258 g/mol. The Kier molecular flexibility index (Phi) is 3.52. The Labute approximate surface area is 115 Å². The Morgan fingerprint density at radius 2 is 1.95 bits per heavy atom. The Bertz CT molecular complexity index is 686. The van der Waals surface area contributed by atoms with Crippen LogP contribution in [0.25, 0.3) is 11.0 Å². The van der Waals surface area contributed by atoms with Gasteiger partial charge in [-0.05, 0) is 25.0 Å². The van der Waals surface area contributed by atoms with Crippen molar-refractivity contribution >= 4 is 16.9 Å². The monoisotopic (exact) mass is 273 g/mol. The van der Waals surface area contributed by atoms with Crippen molar-refractivity contribution in [2.75, 3.05) is 13.2 Å². The van der Waals surface area contributed by atoms with Crippen molar-refractivity contribution in [3.8, 4) is 0 Å². The molecule has 3 rings (SSSR count). The standard InChI is InChI=1S/C15H15NO4/c17-14(16-11-5-7-19-8-6-11)12-9-10-3-1-2-4-13(10)20-15(12)18/h1-4,9,11H,5-8H2,(H,16,17). The van der Waals surface area contributed by atoms with Crippen LogP contribution in [0.1, 0.15) is 23.2 Å². The van der Waals surface area contributed by atoms with E-state index in [9.17, 15) is 9.59 Å². The van der Waals surface area contributed by atoms with Gasteiger partial charge in [0.1, 0.15) is 11.1 Å². The minimum Gasteiger partial charge on any atom is -0.422 e. The Hall–Kier alpha value is -2.14. The number of ether oxygens (including phenoxy) is 1. The smallest absolute Gasteiger partial charge is 0.349 e. The van der Waals surface area contributed by atoms with Crippen LogP contribution in [0, 0.1) is 0 Å². The third-order valence-electron chi connectivity index (χ3n) is 3.44. The quantitative estimate of drug-likeness (QED) is 0.846. The summed E-state index contributed by atoms with van der Waals surface area (Å²) >= 11 is 0. The maximum absolute atomic E-state index is 12.2. The number of benzene rings is 1. The lowest BCUT2D eigenvalue weighted by Crippen LogP contribution is -2.40. The van der Waals surface area contributed by atoms with Crippen LogP contribution in [0.15, 0.2) is 39.5 Å². The highest BCUT2D eigenvalue weighted by molar-refractivity contribution is 5.96. The summed E-state index contributed by atoms with van der Waals surface area (Å²) in [6, 6.07) is 8.77. The van der Waals surface area contributed by atoms with E-state index in [0.717, 1.165) is 18.2 Å². The van der Waals surface area contributed by atoms with Crippen molar-refractivity contribution in [2.45, 2.75) is 18.9 Å². The van der Waals surface area contributed by atoms with Crippen LogP contribution in [0.5, 0.6) is 0 Å². The highest BCUT2D eigenvalue weighted by atomic mass is 16.5. The molecule has 0 atom stereocenters. The fourth-order valence-electron chi connectivity index (χ4n) is 2.33. The van der Waals surface area contributed by atoms with Crippen molar-refractivity contribution in [3.05, 3.63) is 46.3 Å². The van der Waals surface area contributed by atoms with Gasteiger partial charge in [0.05, 0.1) is 0 Å². The number of hydrogen-bond acceptors (Lipinski definition) is 4. The number of amides is 1. The van der Waals surface area contributed by atoms with Crippen molar-refractivity contribution in [1.82, 2.24) is 5.32 Å². The van der Waals surface area contributed by atoms with Crippen LogP contribution in [-0.4, -0.2) is 25.2 Å². The lowest BCUT2D eigenvalue weighted by molar-refractivity contribution is 0.0695. The van der Waals surface area contributed by atoms with Gasteiger partial charge in [-0.3, -0.25) is 4.79 Å². The van der Waals surface area contributed by atoms with E-state index in [1.807, 2.05) is 12.1 Å². The van der Waals surface area contributed by atoms with Crippen molar-refractivity contribution in [1.29, 1.82) is 0 Å². The van der Waals surface area contributed by atoms with E-state index in [2.05, 4.69) is 5.32 Å². The molecule has 1 aromatic heterocycles. The minimum atomic E-state index is -0.603. The molecule has 0 aliphatic carbocycles. The maximum atomic E-state index is 12.2. The molecule has 0 bridgehead atoms. The molecule has 0 unspecified atom stereocenters. The van der Waals surface area contributed by atoms with Crippen LogP contribution < -0.4 is 10.9 Å². The Morgan fingerprint density at radius 1 is 1.20 bits per heavy atom. The largest absolute Gasteiger partial charge is 0.422 e. The summed E-state index contributed by atoms with van der Waals surface area (Å²) in [4.78, 5) is 24.0. The van der Waals surface area contributed by atoms with Gasteiger partial charge in [-0.15, -0.1) is 0 Å². The second-order valence-corrected chi connectivity index (χ2v) is 4.85. The maximum Gasteiger partial charge on any atom is 0.349 e. The molecule has 5 heteroatoms. The highest BCUT2D eigenvalue weighted by Gasteiger charge is 2.19. The first-order valence-electron chi connectivity index (χ1n) is 6.65. The molecule has 0 saturated carbocycles. The first-order valence-corrected chi connectivity index (χ1v) is 6.65. The second kappa shape index (κ2) is 5.46. The summed E-state index contributed by atoms with van der Waals surface area (Å²) in [5.41, 5.74) is -0.0661. The van der Waals surface area contributed by atoms with Crippen LogP contribution in [0.3, 0.4) is 0 Å². The van der Waals surface area contributed by atoms with E-state index in [0.29, 0.717) is 18.8 Å². The number of rotatable bonds is 2. The number of para-hydroxylation sites is 1. The van der Waals surface area contributed by atoms with Crippen LogP contribution in [-0.2, 0) is 4.74 Å². The molecule has 5 nitrogen and oxygen atoms in total. The number of carbonyl (C=O) groups is 1. The van der Waals surface area contributed by atoms with E-state index in [-0.39, 0.29) is 17.5 Å². The summed E-state index contributed by atoms with van der Waals surface area (Å²) in [5, 5.41) is 3.60. The van der Waals surface area contributed by atoms with Crippen molar-refractivity contribution in [3.63, 3.8) is 0 Å². The minimum absolute atomic E-state index is 0.0511. The van der Waals surface area contributed by atoms with Crippen molar-refractivity contribution < 1.29 is 13.9 Å². The summed E-state index contributed by atoms with van der Waals surface area (Å²) < 4.78 is 10.4. The van der Waals surface area contributed by atoms with Gasteiger partial charge in [0.25, 0.3) is 5.91 Å². The molecule has 104 valence electrons.